The average molecular weight is 414 g/mol. The van der Waals surface area contributed by atoms with E-state index in [1.807, 2.05) is 18.2 Å². The number of nitrogens with one attached hydrogen (secondary N) is 1. The number of nitrogens with zero attached hydrogens (tertiary/aromatic N) is 7. The molecule has 1 aliphatic heterocycles. The average Bonchev–Trinajstić information content (AvgIpc) is 3.39. The lowest BCUT2D eigenvalue weighted by Gasteiger charge is -2.11. The number of aryl methyl sites for hydroxylation is 1. The lowest BCUT2D eigenvalue weighted by atomic mass is 10.1. The summed E-state index contributed by atoms with van der Waals surface area (Å²) in [6, 6.07) is 8.04. The van der Waals surface area contributed by atoms with Crippen molar-refractivity contribution in [3.05, 3.63) is 35.7 Å². The van der Waals surface area contributed by atoms with Gasteiger partial charge >= 0.3 is 0 Å². The second-order valence-corrected chi connectivity index (χ2v) is 7.58. The van der Waals surface area contributed by atoms with Crippen LogP contribution >= 0.6 is 11.8 Å². The SMILES string of the molecule is CCc1ccccc1Nc1nc(N)nc(CSc2nnnn2C[C@@H]2CCCO2)n1. The van der Waals surface area contributed by atoms with E-state index in [0.717, 1.165) is 31.6 Å². The second-order valence-electron chi connectivity index (χ2n) is 6.64. The Bertz CT molecular complexity index is 958. The summed E-state index contributed by atoms with van der Waals surface area (Å²) in [5.74, 6) is 1.63. The van der Waals surface area contributed by atoms with Gasteiger partial charge in [0.2, 0.25) is 17.1 Å². The molecule has 0 bridgehead atoms. The highest BCUT2D eigenvalue weighted by molar-refractivity contribution is 7.98. The van der Waals surface area contributed by atoms with E-state index in [0.29, 0.717) is 29.2 Å². The van der Waals surface area contributed by atoms with Gasteiger partial charge in [-0.3, -0.25) is 0 Å². The van der Waals surface area contributed by atoms with Crippen molar-refractivity contribution in [2.24, 2.45) is 0 Å². The first-order chi connectivity index (χ1) is 14.2. The zero-order valence-corrected chi connectivity index (χ0v) is 17.0. The number of aromatic nitrogens is 7. The highest BCUT2D eigenvalue weighted by Gasteiger charge is 2.19. The Balaban J connectivity index is 1.44. The first kappa shape index (κ1) is 19.5. The second kappa shape index (κ2) is 9.14. The van der Waals surface area contributed by atoms with Gasteiger partial charge in [-0.2, -0.15) is 15.0 Å². The van der Waals surface area contributed by atoms with Gasteiger partial charge in [-0.15, -0.1) is 5.10 Å². The minimum Gasteiger partial charge on any atom is -0.376 e. The summed E-state index contributed by atoms with van der Waals surface area (Å²) in [4.78, 5) is 13.0. The summed E-state index contributed by atoms with van der Waals surface area (Å²) in [7, 11) is 0. The van der Waals surface area contributed by atoms with E-state index in [1.165, 1.54) is 17.3 Å². The molecule has 0 saturated carbocycles. The summed E-state index contributed by atoms with van der Waals surface area (Å²) in [5, 5.41) is 15.9. The third-order valence-corrected chi connectivity index (χ3v) is 5.53. The van der Waals surface area contributed by atoms with Crippen LogP contribution in [0.25, 0.3) is 0 Å². The van der Waals surface area contributed by atoms with E-state index < -0.39 is 0 Å². The molecule has 1 saturated heterocycles. The van der Waals surface area contributed by atoms with Crippen LogP contribution in [0.4, 0.5) is 17.6 Å². The maximum absolute atomic E-state index is 5.90. The molecule has 0 radical (unpaired) electrons. The minimum absolute atomic E-state index is 0.167. The summed E-state index contributed by atoms with van der Waals surface area (Å²) < 4.78 is 7.43. The fourth-order valence-corrected chi connectivity index (χ4v) is 3.90. The number of benzene rings is 1. The van der Waals surface area contributed by atoms with Gasteiger partial charge in [0.1, 0.15) is 5.82 Å². The number of thioether (sulfide) groups is 1. The third kappa shape index (κ3) is 4.98. The van der Waals surface area contributed by atoms with Gasteiger partial charge in [0.15, 0.2) is 0 Å². The predicted molar refractivity (Wildman–Crippen MR) is 110 cm³/mol. The maximum Gasteiger partial charge on any atom is 0.232 e. The van der Waals surface area contributed by atoms with Gasteiger partial charge in [0.05, 0.1) is 18.4 Å². The molecule has 1 atom stereocenters. The van der Waals surface area contributed by atoms with Crippen LogP contribution in [-0.4, -0.2) is 47.9 Å². The van der Waals surface area contributed by atoms with E-state index in [2.05, 4.69) is 48.8 Å². The van der Waals surface area contributed by atoms with E-state index in [9.17, 15) is 0 Å². The zero-order chi connectivity index (χ0) is 20.1. The molecule has 2 aromatic heterocycles. The third-order valence-electron chi connectivity index (χ3n) is 4.57. The van der Waals surface area contributed by atoms with Crippen LogP contribution in [-0.2, 0) is 23.5 Å². The Hall–Kier alpha value is -2.79. The van der Waals surface area contributed by atoms with Crippen LogP contribution in [0.1, 0.15) is 31.2 Å². The van der Waals surface area contributed by atoms with Gasteiger partial charge in [-0.1, -0.05) is 36.9 Å². The molecule has 4 rings (SSSR count). The van der Waals surface area contributed by atoms with Gasteiger partial charge in [0, 0.05) is 12.3 Å². The molecule has 10 nitrogen and oxygen atoms in total. The highest BCUT2D eigenvalue weighted by Crippen LogP contribution is 2.23. The largest absolute Gasteiger partial charge is 0.376 e. The van der Waals surface area contributed by atoms with E-state index in [1.54, 1.807) is 4.68 Å². The molecule has 11 heteroatoms. The summed E-state index contributed by atoms with van der Waals surface area (Å²) in [6.07, 6.45) is 3.18. The van der Waals surface area contributed by atoms with Crippen molar-refractivity contribution in [1.29, 1.82) is 0 Å². The number of para-hydroxylation sites is 1. The molecular formula is C18H23N9OS. The molecule has 29 heavy (non-hydrogen) atoms. The fraction of sp³-hybridized carbons (Fsp3) is 0.444. The zero-order valence-electron chi connectivity index (χ0n) is 16.2. The quantitative estimate of drug-likeness (QED) is 0.530. The lowest BCUT2D eigenvalue weighted by molar-refractivity contribution is 0.0912. The first-order valence-electron chi connectivity index (χ1n) is 9.57. The number of rotatable bonds is 8. The number of hydrogen-bond acceptors (Lipinski definition) is 10. The molecule has 0 amide bonds. The predicted octanol–water partition coefficient (Wildman–Crippen LogP) is 2.22. The monoisotopic (exact) mass is 413 g/mol. The number of nitrogen functional groups attached to an aromatic ring is 1. The highest BCUT2D eigenvalue weighted by atomic mass is 32.2. The molecule has 1 aliphatic rings. The van der Waals surface area contributed by atoms with Crippen molar-refractivity contribution in [3.8, 4) is 0 Å². The van der Waals surface area contributed by atoms with E-state index in [4.69, 9.17) is 10.5 Å². The smallest absolute Gasteiger partial charge is 0.232 e. The first-order valence-corrected chi connectivity index (χ1v) is 10.6. The number of tetrazole rings is 1. The topological polar surface area (TPSA) is 130 Å². The van der Waals surface area contributed by atoms with Crippen molar-refractivity contribution in [2.45, 2.75) is 49.7 Å². The number of nitrogens with two attached hydrogens (primary N) is 1. The van der Waals surface area contributed by atoms with Crippen LogP contribution in [0, 0.1) is 0 Å². The van der Waals surface area contributed by atoms with Gasteiger partial charge in [0.25, 0.3) is 0 Å². The number of ether oxygens (including phenoxy) is 1. The molecule has 0 spiro atoms. The molecule has 3 heterocycles. The molecular weight excluding hydrogens is 390 g/mol. The molecule has 152 valence electrons. The summed E-state index contributed by atoms with van der Waals surface area (Å²) in [6.45, 7) is 3.55. The Morgan fingerprint density at radius 1 is 1.28 bits per heavy atom. The van der Waals surface area contributed by atoms with Crippen LogP contribution in [0.5, 0.6) is 0 Å². The maximum atomic E-state index is 5.90. The van der Waals surface area contributed by atoms with Crippen molar-refractivity contribution < 1.29 is 4.74 Å². The molecule has 1 fully saturated rings. The summed E-state index contributed by atoms with van der Waals surface area (Å²) in [5.41, 5.74) is 8.03. The Morgan fingerprint density at radius 2 is 2.17 bits per heavy atom. The van der Waals surface area contributed by atoms with Crippen LogP contribution in [0.15, 0.2) is 29.4 Å². The van der Waals surface area contributed by atoms with Crippen molar-refractivity contribution in [1.82, 2.24) is 35.2 Å². The van der Waals surface area contributed by atoms with Crippen molar-refractivity contribution in [2.75, 3.05) is 17.7 Å². The van der Waals surface area contributed by atoms with Crippen molar-refractivity contribution in [3.63, 3.8) is 0 Å². The lowest BCUT2D eigenvalue weighted by Crippen LogP contribution is -2.17. The molecule has 1 aromatic carbocycles. The van der Waals surface area contributed by atoms with E-state index in [-0.39, 0.29) is 12.1 Å². The van der Waals surface area contributed by atoms with Gasteiger partial charge in [-0.05, 0) is 41.3 Å². The van der Waals surface area contributed by atoms with Crippen molar-refractivity contribution >= 4 is 29.3 Å². The number of hydrogen-bond donors (Lipinski definition) is 2. The Labute approximate surface area is 172 Å². The molecule has 3 N–H and O–H groups in total. The van der Waals surface area contributed by atoms with Crippen LogP contribution in [0.2, 0.25) is 0 Å². The fourth-order valence-electron chi connectivity index (χ4n) is 3.15. The summed E-state index contributed by atoms with van der Waals surface area (Å²) >= 11 is 1.46. The molecule has 0 aliphatic carbocycles. The van der Waals surface area contributed by atoms with Gasteiger partial charge < -0.3 is 15.8 Å². The molecule has 3 aromatic rings. The van der Waals surface area contributed by atoms with E-state index >= 15 is 0 Å². The standard InChI is InChI=1S/C18H23N9OS/c1-2-12-6-3-4-8-14(12)20-17-22-15(21-16(19)23-17)11-29-18-24-25-26-27(18)10-13-7-5-9-28-13/h3-4,6,8,13H,2,5,7,9-11H2,1H3,(H3,19,20,21,22,23)/t13-/m0/s1. The van der Waals surface area contributed by atoms with Crippen LogP contribution in [0.3, 0.4) is 0 Å². The van der Waals surface area contributed by atoms with Crippen LogP contribution < -0.4 is 11.1 Å². The van der Waals surface area contributed by atoms with Gasteiger partial charge in [-0.25, -0.2) is 4.68 Å². The normalized spacial score (nSPS) is 16.2. The molecule has 0 unspecified atom stereocenters. The minimum atomic E-state index is 0.167. The number of anilines is 3. The Morgan fingerprint density at radius 3 is 3.00 bits per heavy atom. The Kier molecular flexibility index (Phi) is 6.15.